The monoisotopic (exact) mass is 369 g/mol. The predicted octanol–water partition coefficient (Wildman–Crippen LogP) is 2.55. The van der Waals surface area contributed by atoms with Crippen molar-refractivity contribution in [1.82, 2.24) is 19.7 Å². The van der Waals surface area contributed by atoms with E-state index in [1.54, 1.807) is 34.1 Å². The van der Waals surface area contributed by atoms with Crippen LogP contribution in [0.15, 0.2) is 42.7 Å². The fourth-order valence-corrected chi connectivity index (χ4v) is 3.43. The zero-order valence-electron chi connectivity index (χ0n) is 14.0. The Labute approximate surface area is 154 Å². The molecule has 4 rings (SSSR count). The van der Waals surface area contributed by atoms with Crippen LogP contribution in [-0.4, -0.2) is 36.9 Å². The van der Waals surface area contributed by atoms with Crippen LogP contribution in [0.2, 0.25) is 5.02 Å². The summed E-state index contributed by atoms with van der Waals surface area (Å²) < 4.78 is 1.71. The molecule has 1 aromatic carbocycles. The number of carbonyl (C=O) groups is 1. The molecule has 0 amide bonds. The Balaban J connectivity index is 1.76. The van der Waals surface area contributed by atoms with Gasteiger partial charge in [0.1, 0.15) is 6.04 Å². The van der Waals surface area contributed by atoms with Crippen molar-refractivity contribution in [3.05, 3.63) is 58.9 Å². The van der Waals surface area contributed by atoms with Crippen molar-refractivity contribution in [2.45, 2.75) is 19.0 Å². The van der Waals surface area contributed by atoms with Crippen molar-refractivity contribution in [2.24, 2.45) is 7.05 Å². The topological polar surface area (TPSA) is 84.1 Å². The minimum Gasteiger partial charge on any atom is -0.480 e. The summed E-state index contributed by atoms with van der Waals surface area (Å²) in [5.41, 5.74) is 3.50. The zero-order valence-corrected chi connectivity index (χ0v) is 14.8. The number of nitrogens with zero attached hydrogens (tertiary/aromatic N) is 5. The molecule has 2 aromatic heterocycles. The summed E-state index contributed by atoms with van der Waals surface area (Å²) >= 11 is 6.10. The number of fused-ring (bicyclic) bond motifs is 1. The number of aromatic nitrogens is 4. The lowest BCUT2D eigenvalue weighted by atomic mass is 9.94. The molecule has 132 valence electrons. The molecule has 1 N–H and O–H groups in total. The second kappa shape index (κ2) is 6.42. The van der Waals surface area contributed by atoms with Gasteiger partial charge in [-0.3, -0.25) is 4.68 Å². The smallest absolute Gasteiger partial charge is 0.326 e. The van der Waals surface area contributed by atoms with E-state index in [4.69, 9.17) is 11.6 Å². The number of hydrogen-bond donors (Lipinski definition) is 1. The third-order valence-electron chi connectivity index (χ3n) is 4.57. The average molecular weight is 370 g/mol. The highest BCUT2D eigenvalue weighted by Crippen LogP contribution is 2.29. The van der Waals surface area contributed by atoms with Crippen LogP contribution in [0.3, 0.4) is 0 Å². The van der Waals surface area contributed by atoms with Crippen LogP contribution in [-0.2, 0) is 24.8 Å². The zero-order chi connectivity index (χ0) is 18.3. The highest BCUT2D eigenvalue weighted by molar-refractivity contribution is 6.30. The molecule has 3 heterocycles. The van der Waals surface area contributed by atoms with Crippen molar-refractivity contribution in [2.75, 3.05) is 4.90 Å². The predicted molar refractivity (Wildman–Crippen MR) is 97.0 cm³/mol. The quantitative estimate of drug-likeness (QED) is 0.763. The van der Waals surface area contributed by atoms with E-state index in [0.29, 0.717) is 29.6 Å². The maximum Gasteiger partial charge on any atom is 0.326 e. The molecule has 0 radical (unpaired) electrons. The molecule has 1 aliphatic rings. The van der Waals surface area contributed by atoms with Crippen molar-refractivity contribution in [3.63, 3.8) is 0 Å². The van der Waals surface area contributed by atoms with Gasteiger partial charge in [-0.25, -0.2) is 14.8 Å². The number of aliphatic carboxylic acids is 1. The third kappa shape index (κ3) is 2.90. The minimum absolute atomic E-state index is 0.376. The molecule has 26 heavy (non-hydrogen) atoms. The van der Waals surface area contributed by atoms with Gasteiger partial charge in [0.2, 0.25) is 5.95 Å². The maximum atomic E-state index is 11.8. The van der Waals surface area contributed by atoms with Gasteiger partial charge in [0.15, 0.2) is 0 Å². The number of aryl methyl sites for hydroxylation is 1. The van der Waals surface area contributed by atoms with Gasteiger partial charge in [0, 0.05) is 37.4 Å². The Morgan fingerprint density at radius 2 is 2.08 bits per heavy atom. The van der Waals surface area contributed by atoms with E-state index in [2.05, 4.69) is 15.1 Å². The Kier molecular flexibility index (Phi) is 4.08. The molecule has 1 aliphatic heterocycles. The van der Waals surface area contributed by atoms with Gasteiger partial charge in [-0.05, 0) is 35.4 Å². The summed E-state index contributed by atoms with van der Waals surface area (Å²) in [6, 6.07) is 8.45. The van der Waals surface area contributed by atoms with Crippen LogP contribution >= 0.6 is 11.6 Å². The molecule has 0 bridgehead atoms. The van der Waals surface area contributed by atoms with E-state index in [1.807, 2.05) is 25.2 Å². The Bertz CT molecular complexity index is 987. The molecular weight excluding hydrogens is 354 g/mol. The van der Waals surface area contributed by atoms with Crippen LogP contribution in [0.4, 0.5) is 5.95 Å². The summed E-state index contributed by atoms with van der Waals surface area (Å²) in [6.07, 6.45) is 3.70. The summed E-state index contributed by atoms with van der Waals surface area (Å²) in [4.78, 5) is 22.5. The molecule has 0 saturated heterocycles. The molecule has 7 nitrogen and oxygen atoms in total. The minimum atomic E-state index is -0.903. The standard InChI is InChI=1S/C18H16ClN5O2/c1-23-15(5-7-21-23)14-4-6-20-18(22-14)24-10-12-8-13(19)3-2-11(12)9-16(24)17(25)26/h2-8,16H,9-10H2,1H3,(H,25,26)/t16-/m0/s1. The maximum absolute atomic E-state index is 11.8. The highest BCUT2D eigenvalue weighted by atomic mass is 35.5. The van der Waals surface area contributed by atoms with Crippen molar-refractivity contribution in [1.29, 1.82) is 0 Å². The lowest BCUT2D eigenvalue weighted by Crippen LogP contribution is -2.46. The molecule has 1 atom stereocenters. The SMILES string of the molecule is Cn1nccc1-c1ccnc(N2Cc3cc(Cl)ccc3C[C@H]2C(=O)O)n1. The van der Waals surface area contributed by atoms with Crippen LogP contribution in [0.5, 0.6) is 0 Å². The molecule has 8 heteroatoms. The molecule has 0 spiro atoms. The van der Waals surface area contributed by atoms with Crippen LogP contribution in [0, 0.1) is 0 Å². The summed E-state index contributed by atoms with van der Waals surface area (Å²) in [5.74, 6) is -0.526. The summed E-state index contributed by atoms with van der Waals surface area (Å²) in [5, 5.41) is 14.5. The van der Waals surface area contributed by atoms with E-state index in [1.165, 1.54) is 0 Å². The molecular formula is C18H16ClN5O2. The third-order valence-corrected chi connectivity index (χ3v) is 4.80. The fraction of sp³-hybridized carbons (Fsp3) is 0.222. The van der Waals surface area contributed by atoms with E-state index in [-0.39, 0.29) is 0 Å². The number of halogens is 1. The molecule has 0 fully saturated rings. The van der Waals surface area contributed by atoms with E-state index in [9.17, 15) is 9.90 Å². The largest absolute Gasteiger partial charge is 0.480 e. The molecule has 0 aliphatic carbocycles. The van der Waals surface area contributed by atoms with Crippen LogP contribution in [0.1, 0.15) is 11.1 Å². The van der Waals surface area contributed by atoms with Gasteiger partial charge in [-0.1, -0.05) is 17.7 Å². The van der Waals surface area contributed by atoms with Gasteiger partial charge < -0.3 is 10.0 Å². The molecule has 3 aromatic rings. The first-order valence-corrected chi connectivity index (χ1v) is 8.49. The molecule has 0 saturated carbocycles. The van der Waals surface area contributed by atoms with Crippen molar-refractivity contribution >= 4 is 23.5 Å². The number of anilines is 1. The number of hydrogen-bond acceptors (Lipinski definition) is 5. The Hall–Kier alpha value is -2.93. The Morgan fingerprint density at radius 1 is 1.23 bits per heavy atom. The number of benzene rings is 1. The van der Waals surface area contributed by atoms with Gasteiger partial charge in [-0.15, -0.1) is 0 Å². The highest BCUT2D eigenvalue weighted by Gasteiger charge is 2.33. The average Bonchev–Trinajstić information content (AvgIpc) is 3.06. The first-order chi connectivity index (χ1) is 12.5. The number of rotatable bonds is 3. The summed E-state index contributed by atoms with van der Waals surface area (Å²) in [7, 11) is 1.83. The first-order valence-electron chi connectivity index (χ1n) is 8.11. The lowest BCUT2D eigenvalue weighted by molar-refractivity contribution is -0.138. The normalized spacial score (nSPS) is 16.4. The second-order valence-electron chi connectivity index (χ2n) is 6.18. The van der Waals surface area contributed by atoms with Crippen LogP contribution < -0.4 is 4.90 Å². The lowest BCUT2D eigenvalue weighted by Gasteiger charge is -2.34. The van der Waals surface area contributed by atoms with E-state index < -0.39 is 12.0 Å². The van der Waals surface area contributed by atoms with Gasteiger partial charge >= 0.3 is 5.97 Å². The summed E-state index contributed by atoms with van der Waals surface area (Å²) in [6.45, 7) is 0.391. The second-order valence-corrected chi connectivity index (χ2v) is 6.62. The Morgan fingerprint density at radius 3 is 2.81 bits per heavy atom. The van der Waals surface area contributed by atoms with Gasteiger partial charge in [0.05, 0.1) is 11.4 Å². The van der Waals surface area contributed by atoms with Crippen molar-refractivity contribution in [3.8, 4) is 11.4 Å². The van der Waals surface area contributed by atoms with E-state index >= 15 is 0 Å². The van der Waals surface area contributed by atoms with Crippen molar-refractivity contribution < 1.29 is 9.90 Å². The molecule has 0 unspecified atom stereocenters. The van der Waals surface area contributed by atoms with Crippen LogP contribution in [0.25, 0.3) is 11.4 Å². The number of carboxylic acids is 1. The number of carboxylic acid groups (broad SMARTS) is 1. The van der Waals surface area contributed by atoms with E-state index in [0.717, 1.165) is 16.8 Å². The fourth-order valence-electron chi connectivity index (χ4n) is 3.24. The first kappa shape index (κ1) is 16.5. The van der Waals surface area contributed by atoms with Gasteiger partial charge in [-0.2, -0.15) is 5.10 Å². The van der Waals surface area contributed by atoms with Gasteiger partial charge in [0.25, 0.3) is 0 Å².